The van der Waals surface area contributed by atoms with Gasteiger partial charge in [-0.1, -0.05) is 12.1 Å². The van der Waals surface area contributed by atoms with Crippen LogP contribution in [0.2, 0.25) is 0 Å². The van der Waals surface area contributed by atoms with E-state index in [2.05, 4.69) is 4.98 Å². The number of nitrogens with zero attached hydrogens (tertiary/aromatic N) is 6. The number of nitrogen functional groups attached to an aromatic ring is 1. The summed E-state index contributed by atoms with van der Waals surface area (Å²) in [6.07, 6.45) is 2.55. The number of halogens is 1. The molecule has 1 amide bonds. The fraction of sp³-hybridized carbons (Fsp3) is 0.250. The van der Waals surface area contributed by atoms with Crippen molar-refractivity contribution in [3.8, 4) is 17.1 Å². The number of pyridine rings is 2. The van der Waals surface area contributed by atoms with Gasteiger partial charge in [-0.15, -0.1) is 11.6 Å². The Morgan fingerprint density at radius 2 is 1.88 bits per heavy atom. The highest BCUT2D eigenvalue weighted by Crippen LogP contribution is 2.31. The minimum atomic E-state index is 0.0865. The van der Waals surface area contributed by atoms with Gasteiger partial charge in [0.25, 0.3) is 0 Å². The monoisotopic (exact) mass is 461 g/mol. The van der Waals surface area contributed by atoms with Gasteiger partial charge in [-0.05, 0) is 48.4 Å². The molecule has 1 saturated heterocycles. The van der Waals surface area contributed by atoms with Crippen molar-refractivity contribution >= 4 is 40.3 Å². The average Bonchev–Trinajstić information content (AvgIpc) is 3.13. The van der Waals surface area contributed by atoms with E-state index in [0.717, 1.165) is 47.7 Å². The lowest BCUT2D eigenvalue weighted by atomic mass is 10.2. The topological polar surface area (TPSA) is 93.2 Å². The minimum Gasteiger partial charge on any atom is -0.383 e. The van der Waals surface area contributed by atoms with Crippen molar-refractivity contribution in [2.24, 2.45) is 0 Å². The summed E-state index contributed by atoms with van der Waals surface area (Å²) in [6.45, 7) is 1.80. The molecule has 0 saturated carbocycles. The number of carbonyl (C=O) groups is 1. The number of anilines is 2. The second-order valence-electron chi connectivity index (χ2n) is 8.11. The van der Waals surface area contributed by atoms with Crippen LogP contribution in [0.3, 0.4) is 0 Å². The van der Waals surface area contributed by atoms with Crippen molar-refractivity contribution in [1.82, 2.24) is 24.4 Å². The number of aromatic nitrogens is 4. The molecule has 1 aliphatic rings. The summed E-state index contributed by atoms with van der Waals surface area (Å²) >= 11 is 6.00. The second-order valence-corrected chi connectivity index (χ2v) is 8.38. The molecule has 1 aromatic carbocycles. The Kier molecular flexibility index (Phi) is 5.60. The third-order valence-electron chi connectivity index (χ3n) is 5.92. The number of carbonyl (C=O) groups excluding carboxylic acids is 1. The van der Waals surface area contributed by atoms with Gasteiger partial charge in [-0.2, -0.15) is 0 Å². The molecular weight excluding hydrogens is 438 g/mol. The van der Waals surface area contributed by atoms with Crippen LogP contribution in [0.15, 0.2) is 54.7 Å². The van der Waals surface area contributed by atoms with Crippen LogP contribution < -0.4 is 10.6 Å². The highest BCUT2D eigenvalue weighted by molar-refractivity contribution is 6.17. The maximum Gasteiger partial charge on any atom is 0.241 e. The number of rotatable bonds is 4. The number of alkyl halides is 1. The van der Waals surface area contributed by atoms with E-state index >= 15 is 0 Å². The number of hydrogen-bond acceptors (Lipinski definition) is 6. The average molecular weight is 462 g/mol. The molecule has 0 radical (unpaired) electrons. The zero-order chi connectivity index (χ0) is 22.9. The number of likely N-dealkylation sites (N-methyl/N-ethyl adjacent to an activating group) is 1. The molecule has 5 rings (SSSR count). The van der Waals surface area contributed by atoms with Crippen molar-refractivity contribution in [3.63, 3.8) is 0 Å². The summed E-state index contributed by atoms with van der Waals surface area (Å²) in [7, 11) is 1.84. The molecule has 4 aromatic rings. The first-order valence-electron chi connectivity index (χ1n) is 10.8. The highest BCUT2D eigenvalue weighted by Gasteiger charge is 2.23. The molecule has 0 bridgehead atoms. The molecule has 4 heterocycles. The number of fused-ring (bicyclic) bond motifs is 1. The van der Waals surface area contributed by atoms with Gasteiger partial charge in [0.2, 0.25) is 5.91 Å². The van der Waals surface area contributed by atoms with E-state index in [1.54, 1.807) is 11.1 Å². The summed E-state index contributed by atoms with van der Waals surface area (Å²) in [5.74, 6) is 2.32. The summed E-state index contributed by atoms with van der Waals surface area (Å²) in [5, 5.41) is 0. The molecule has 168 valence electrons. The lowest BCUT2D eigenvalue weighted by molar-refractivity contribution is -0.127. The van der Waals surface area contributed by atoms with Crippen molar-refractivity contribution in [3.05, 3.63) is 60.3 Å². The molecule has 0 unspecified atom stereocenters. The Morgan fingerprint density at radius 3 is 2.64 bits per heavy atom. The van der Waals surface area contributed by atoms with Crippen LogP contribution in [-0.4, -0.2) is 57.0 Å². The molecule has 0 aliphatic carbocycles. The predicted molar refractivity (Wildman–Crippen MR) is 131 cm³/mol. The zero-order valence-corrected chi connectivity index (χ0v) is 19.0. The first-order valence-corrected chi connectivity index (χ1v) is 11.3. The fourth-order valence-corrected chi connectivity index (χ4v) is 4.25. The Hall–Kier alpha value is -3.65. The Morgan fingerprint density at radius 1 is 1.06 bits per heavy atom. The van der Waals surface area contributed by atoms with Crippen molar-refractivity contribution in [2.45, 2.75) is 12.3 Å². The largest absolute Gasteiger partial charge is 0.383 e. The van der Waals surface area contributed by atoms with Gasteiger partial charge in [0.15, 0.2) is 11.5 Å². The molecule has 9 heteroatoms. The van der Waals surface area contributed by atoms with E-state index in [-0.39, 0.29) is 5.91 Å². The quantitative estimate of drug-likeness (QED) is 0.468. The van der Waals surface area contributed by atoms with E-state index in [9.17, 15) is 4.79 Å². The van der Waals surface area contributed by atoms with Crippen LogP contribution >= 0.6 is 11.6 Å². The summed E-state index contributed by atoms with van der Waals surface area (Å²) in [4.78, 5) is 30.3. The van der Waals surface area contributed by atoms with Gasteiger partial charge < -0.3 is 15.5 Å². The van der Waals surface area contributed by atoms with Crippen molar-refractivity contribution in [2.75, 3.05) is 37.3 Å². The van der Waals surface area contributed by atoms with Gasteiger partial charge in [0.05, 0.1) is 12.1 Å². The second kappa shape index (κ2) is 8.71. The van der Waals surface area contributed by atoms with E-state index < -0.39 is 0 Å². The zero-order valence-electron chi connectivity index (χ0n) is 18.3. The number of hydrogen-bond donors (Lipinski definition) is 1. The van der Waals surface area contributed by atoms with E-state index in [0.29, 0.717) is 29.7 Å². The molecule has 0 spiro atoms. The smallest absolute Gasteiger partial charge is 0.241 e. The van der Waals surface area contributed by atoms with Crippen LogP contribution in [0.5, 0.6) is 0 Å². The lowest BCUT2D eigenvalue weighted by Crippen LogP contribution is -2.34. The van der Waals surface area contributed by atoms with Gasteiger partial charge in [-0.25, -0.2) is 15.0 Å². The molecule has 1 aliphatic heterocycles. The summed E-state index contributed by atoms with van der Waals surface area (Å²) in [6, 6.07) is 15.6. The first kappa shape index (κ1) is 21.2. The number of nitrogens with two attached hydrogens (primary N) is 1. The Bertz CT molecular complexity index is 1320. The fourth-order valence-electron chi connectivity index (χ4n) is 4.07. The van der Waals surface area contributed by atoms with E-state index in [4.69, 9.17) is 27.3 Å². The summed E-state index contributed by atoms with van der Waals surface area (Å²) < 4.78 is 1.98. The maximum atomic E-state index is 12.4. The van der Waals surface area contributed by atoms with Gasteiger partial charge >= 0.3 is 0 Å². The number of imidazole rings is 1. The third kappa shape index (κ3) is 3.98. The van der Waals surface area contributed by atoms with Crippen LogP contribution in [0.25, 0.3) is 28.2 Å². The van der Waals surface area contributed by atoms with Crippen molar-refractivity contribution in [1.29, 1.82) is 0 Å². The molecule has 8 nitrogen and oxygen atoms in total. The van der Waals surface area contributed by atoms with E-state index in [1.807, 2.05) is 65.0 Å². The van der Waals surface area contributed by atoms with Gasteiger partial charge in [0.1, 0.15) is 17.2 Å². The number of amides is 1. The maximum absolute atomic E-state index is 12.4. The first-order chi connectivity index (χ1) is 16.0. The van der Waals surface area contributed by atoms with Gasteiger partial charge in [0, 0.05) is 37.9 Å². The normalized spacial score (nSPS) is 14.7. The molecule has 33 heavy (non-hydrogen) atoms. The SMILES string of the molecule is CN1CCCN(c2ccc3nc(-c4cccnc4N)n(-c4ccc(CCl)cc4)c3n2)CC1=O. The molecule has 3 aromatic heterocycles. The highest BCUT2D eigenvalue weighted by atomic mass is 35.5. The van der Waals surface area contributed by atoms with Crippen molar-refractivity contribution < 1.29 is 4.79 Å². The van der Waals surface area contributed by atoms with Gasteiger partial charge in [-0.3, -0.25) is 9.36 Å². The van der Waals surface area contributed by atoms with Crippen LogP contribution in [-0.2, 0) is 10.7 Å². The summed E-state index contributed by atoms with van der Waals surface area (Å²) in [5.41, 5.74) is 10.3. The van der Waals surface area contributed by atoms with Crippen LogP contribution in [0.1, 0.15) is 12.0 Å². The Labute approximate surface area is 196 Å². The lowest BCUT2D eigenvalue weighted by Gasteiger charge is -2.21. The van der Waals surface area contributed by atoms with Crippen LogP contribution in [0.4, 0.5) is 11.6 Å². The molecule has 1 fully saturated rings. The molecule has 2 N–H and O–H groups in total. The minimum absolute atomic E-state index is 0.0865. The predicted octanol–water partition coefficient (Wildman–Crippen LogP) is 3.47. The molecule has 0 atom stereocenters. The standard InChI is InChI=1S/C24H24ClN7O/c1-30-12-3-13-31(15-21(30)33)20-10-9-19-24(29-20)32(17-7-5-16(14-25)6-8-17)23(28-19)18-4-2-11-27-22(18)26/h2,4-11H,3,12-15H2,1H3,(H2,26,27). The third-order valence-corrected chi connectivity index (χ3v) is 6.22. The Balaban J connectivity index is 1.69. The molecular formula is C24H24ClN7O. The number of benzene rings is 1. The van der Waals surface area contributed by atoms with Crippen LogP contribution in [0, 0.1) is 0 Å². The van der Waals surface area contributed by atoms with E-state index in [1.165, 1.54) is 0 Å².